The second-order valence-electron chi connectivity index (χ2n) is 7.35. The fraction of sp³-hybridized carbons (Fsp3) is 0.579. The molecule has 2 aromatic heterocycles. The summed E-state index contributed by atoms with van der Waals surface area (Å²) in [4.78, 5) is 27.5. The number of aromatic nitrogens is 4. The van der Waals surface area contributed by atoms with Crippen LogP contribution in [0, 0.1) is 0 Å². The van der Waals surface area contributed by atoms with Crippen molar-refractivity contribution in [2.75, 3.05) is 30.9 Å². The number of fused-ring (bicyclic) bond motifs is 1. The number of imidazole rings is 1. The second kappa shape index (κ2) is 8.59. The van der Waals surface area contributed by atoms with E-state index in [1.807, 2.05) is 10.6 Å². The SMILES string of the molecule is CSCC1CCC(n2cnc3c(NC(=O)/C=C/CN(C)C4CC4)ncnc32)O1. The van der Waals surface area contributed by atoms with E-state index in [9.17, 15) is 4.79 Å². The number of rotatable bonds is 8. The maximum absolute atomic E-state index is 12.3. The number of carbonyl (C=O) groups is 1. The lowest BCUT2D eigenvalue weighted by molar-refractivity contribution is -0.111. The number of nitrogens with zero attached hydrogens (tertiary/aromatic N) is 5. The average molecular weight is 403 g/mol. The molecule has 150 valence electrons. The van der Waals surface area contributed by atoms with Crippen LogP contribution in [0.2, 0.25) is 0 Å². The molecule has 0 bridgehead atoms. The van der Waals surface area contributed by atoms with E-state index in [4.69, 9.17) is 4.74 Å². The summed E-state index contributed by atoms with van der Waals surface area (Å²) < 4.78 is 8.05. The van der Waals surface area contributed by atoms with E-state index in [1.54, 1.807) is 24.2 Å². The van der Waals surface area contributed by atoms with E-state index < -0.39 is 0 Å². The van der Waals surface area contributed by atoms with Crippen LogP contribution in [0.15, 0.2) is 24.8 Å². The Morgan fingerprint density at radius 3 is 3.00 bits per heavy atom. The fourth-order valence-corrected chi connectivity index (χ4v) is 4.12. The molecular formula is C19H26N6O2S. The van der Waals surface area contributed by atoms with Crippen LogP contribution in [0.5, 0.6) is 0 Å². The molecule has 1 saturated heterocycles. The summed E-state index contributed by atoms with van der Waals surface area (Å²) in [6.07, 6.45) is 13.3. The normalized spacial score (nSPS) is 22.5. The van der Waals surface area contributed by atoms with Gasteiger partial charge in [0.15, 0.2) is 17.0 Å². The summed E-state index contributed by atoms with van der Waals surface area (Å²) in [6, 6.07) is 0.673. The molecule has 2 aromatic rings. The van der Waals surface area contributed by atoms with Gasteiger partial charge in [-0.3, -0.25) is 14.3 Å². The molecule has 1 amide bonds. The smallest absolute Gasteiger partial charge is 0.249 e. The number of likely N-dealkylation sites (N-methyl/N-ethyl adjacent to an activating group) is 1. The van der Waals surface area contributed by atoms with Crippen LogP contribution in [0.3, 0.4) is 0 Å². The third-order valence-corrected chi connectivity index (χ3v) is 5.89. The molecule has 0 aromatic carbocycles. The molecule has 9 heteroatoms. The molecule has 3 heterocycles. The Kier molecular flexibility index (Phi) is 5.93. The van der Waals surface area contributed by atoms with Gasteiger partial charge in [-0.05, 0) is 39.0 Å². The number of anilines is 1. The second-order valence-corrected chi connectivity index (χ2v) is 8.26. The molecular weight excluding hydrogens is 376 g/mol. The Hall–Kier alpha value is -1.97. The predicted molar refractivity (Wildman–Crippen MR) is 110 cm³/mol. The first-order valence-electron chi connectivity index (χ1n) is 9.65. The Morgan fingerprint density at radius 2 is 2.21 bits per heavy atom. The first-order chi connectivity index (χ1) is 13.7. The van der Waals surface area contributed by atoms with Crippen LogP contribution in [0.4, 0.5) is 5.82 Å². The van der Waals surface area contributed by atoms with Gasteiger partial charge in [-0.2, -0.15) is 11.8 Å². The lowest BCUT2D eigenvalue weighted by atomic mass is 10.2. The first kappa shape index (κ1) is 19.4. The van der Waals surface area contributed by atoms with Crippen LogP contribution in [-0.2, 0) is 9.53 Å². The molecule has 4 rings (SSSR count). The zero-order valence-electron chi connectivity index (χ0n) is 16.2. The molecule has 2 fully saturated rings. The van der Waals surface area contributed by atoms with E-state index in [0.29, 0.717) is 23.0 Å². The van der Waals surface area contributed by atoms with Gasteiger partial charge >= 0.3 is 0 Å². The summed E-state index contributed by atoms with van der Waals surface area (Å²) >= 11 is 1.79. The van der Waals surface area contributed by atoms with Gasteiger partial charge in [-0.15, -0.1) is 0 Å². The van der Waals surface area contributed by atoms with Gasteiger partial charge in [0, 0.05) is 24.4 Å². The highest BCUT2D eigenvalue weighted by Crippen LogP contribution is 2.32. The van der Waals surface area contributed by atoms with Crippen LogP contribution in [0.1, 0.15) is 31.9 Å². The van der Waals surface area contributed by atoms with Crippen LogP contribution in [0.25, 0.3) is 11.2 Å². The molecule has 2 atom stereocenters. The first-order valence-corrected chi connectivity index (χ1v) is 11.0. The van der Waals surface area contributed by atoms with Crippen molar-refractivity contribution in [3.05, 3.63) is 24.8 Å². The largest absolute Gasteiger partial charge is 0.354 e. The van der Waals surface area contributed by atoms with Crippen LogP contribution < -0.4 is 5.32 Å². The molecule has 28 heavy (non-hydrogen) atoms. The summed E-state index contributed by atoms with van der Waals surface area (Å²) in [5.41, 5.74) is 1.26. The number of amides is 1. The third kappa shape index (κ3) is 4.37. The summed E-state index contributed by atoms with van der Waals surface area (Å²) in [6.45, 7) is 0.766. The number of hydrogen-bond donors (Lipinski definition) is 1. The summed E-state index contributed by atoms with van der Waals surface area (Å²) in [7, 11) is 2.08. The van der Waals surface area contributed by atoms with Crippen molar-refractivity contribution in [3.63, 3.8) is 0 Å². The topological polar surface area (TPSA) is 85.2 Å². The van der Waals surface area contributed by atoms with Crippen molar-refractivity contribution in [2.45, 2.75) is 44.1 Å². The van der Waals surface area contributed by atoms with E-state index >= 15 is 0 Å². The molecule has 1 aliphatic carbocycles. The van der Waals surface area contributed by atoms with E-state index in [2.05, 4.69) is 38.5 Å². The minimum Gasteiger partial charge on any atom is -0.354 e. The minimum atomic E-state index is -0.212. The van der Waals surface area contributed by atoms with Gasteiger partial charge in [0.25, 0.3) is 0 Å². The van der Waals surface area contributed by atoms with Gasteiger partial charge in [0.1, 0.15) is 12.6 Å². The molecule has 1 N–H and O–H groups in total. The van der Waals surface area contributed by atoms with E-state index in [-0.39, 0.29) is 18.2 Å². The fourth-order valence-electron chi connectivity index (χ4n) is 3.50. The Bertz CT molecular complexity index is 865. The average Bonchev–Trinajstić information content (AvgIpc) is 3.28. The lowest BCUT2D eigenvalue weighted by Crippen LogP contribution is -2.21. The molecule has 1 saturated carbocycles. The Balaban J connectivity index is 1.43. The standard InChI is InChI=1S/C19H26N6O2S/c1-24(13-5-6-13)9-3-4-15(26)23-18-17-19(21-11-20-18)25(12-22-17)16-8-7-14(27-16)10-28-2/h3-4,11-14,16H,5-10H2,1-2H3,(H,20,21,23,26)/b4-3+. The van der Waals surface area contributed by atoms with E-state index in [1.165, 1.54) is 19.2 Å². The predicted octanol–water partition coefficient (Wildman–Crippen LogP) is 2.46. The van der Waals surface area contributed by atoms with Gasteiger partial charge < -0.3 is 10.1 Å². The van der Waals surface area contributed by atoms with Gasteiger partial charge in [0.2, 0.25) is 5.91 Å². The monoisotopic (exact) mass is 402 g/mol. The lowest BCUT2D eigenvalue weighted by Gasteiger charge is -2.14. The Morgan fingerprint density at radius 1 is 1.36 bits per heavy atom. The Labute approximate surface area is 168 Å². The molecule has 8 nitrogen and oxygen atoms in total. The highest BCUT2D eigenvalue weighted by Gasteiger charge is 2.28. The van der Waals surface area contributed by atoms with Crippen molar-refractivity contribution in [1.82, 2.24) is 24.4 Å². The van der Waals surface area contributed by atoms with Crippen molar-refractivity contribution < 1.29 is 9.53 Å². The number of nitrogens with one attached hydrogen (secondary N) is 1. The van der Waals surface area contributed by atoms with E-state index in [0.717, 1.165) is 25.1 Å². The maximum Gasteiger partial charge on any atom is 0.249 e. The molecule has 2 unspecified atom stereocenters. The van der Waals surface area contributed by atoms with Crippen molar-refractivity contribution in [2.24, 2.45) is 0 Å². The number of hydrogen-bond acceptors (Lipinski definition) is 7. The van der Waals surface area contributed by atoms with Crippen molar-refractivity contribution >= 4 is 34.7 Å². The highest BCUT2D eigenvalue weighted by atomic mass is 32.2. The quantitative estimate of drug-likeness (QED) is 0.679. The van der Waals surface area contributed by atoms with Gasteiger partial charge in [-0.1, -0.05) is 6.08 Å². The number of thioether (sulfide) groups is 1. The summed E-state index contributed by atoms with van der Waals surface area (Å²) in [5.74, 6) is 1.20. The zero-order chi connectivity index (χ0) is 19.5. The summed E-state index contributed by atoms with van der Waals surface area (Å²) in [5, 5.41) is 2.82. The molecule has 0 spiro atoms. The van der Waals surface area contributed by atoms with Crippen LogP contribution >= 0.6 is 11.8 Å². The van der Waals surface area contributed by atoms with Gasteiger partial charge in [0.05, 0.1) is 12.4 Å². The maximum atomic E-state index is 12.3. The van der Waals surface area contributed by atoms with Crippen LogP contribution in [-0.4, -0.2) is 68.1 Å². The molecule has 2 aliphatic rings. The minimum absolute atomic E-state index is 0.0709. The zero-order valence-corrected chi connectivity index (χ0v) is 17.1. The number of ether oxygens (including phenoxy) is 1. The van der Waals surface area contributed by atoms with Gasteiger partial charge in [-0.25, -0.2) is 15.0 Å². The number of carbonyl (C=O) groups excluding carboxylic acids is 1. The van der Waals surface area contributed by atoms with Crippen molar-refractivity contribution in [1.29, 1.82) is 0 Å². The third-order valence-electron chi connectivity index (χ3n) is 5.18. The highest BCUT2D eigenvalue weighted by molar-refractivity contribution is 7.98. The van der Waals surface area contributed by atoms with Crippen molar-refractivity contribution in [3.8, 4) is 0 Å². The molecule has 0 radical (unpaired) electrons. The molecule has 1 aliphatic heterocycles.